The van der Waals surface area contributed by atoms with Crippen LogP contribution in [0.1, 0.15) is 15.9 Å². The summed E-state index contributed by atoms with van der Waals surface area (Å²) in [6.45, 7) is -0.765. The Morgan fingerprint density at radius 1 is 1.05 bits per heavy atom. The van der Waals surface area contributed by atoms with Crippen molar-refractivity contribution in [3.05, 3.63) is 65.7 Å². The third-order valence-electron chi connectivity index (χ3n) is 2.61. The maximum Gasteiger partial charge on any atom is 0.306 e. The van der Waals surface area contributed by atoms with Crippen molar-refractivity contribution in [2.24, 2.45) is 0 Å². The summed E-state index contributed by atoms with van der Waals surface area (Å²) in [5, 5.41) is 0. The molecule has 0 aliphatic rings. The quantitative estimate of drug-likeness (QED) is 0.768. The van der Waals surface area contributed by atoms with Gasteiger partial charge in [0.1, 0.15) is 12.0 Å². The highest BCUT2D eigenvalue weighted by molar-refractivity contribution is 5.75. The van der Waals surface area contributed by atoms with Crippen LogP contribution in [0.15, 0.2) is 54.6 Å². The van der Waals surface area contributed by atoms with Crippen LogP contribution in [0.4, 0.5) is 8.78 Å². The zero-order chi connectivity index (χ0) is 13.7. The lowest BCUT2D eigenvalue weighted by Gasteiger charge is -2.17. The van der Waals surface area contributed by atoms with E-state index in [0.29, 0.717) is 11.8 Å². The van der Waals surface area contributed by atoms with Crippen LogP contribution in [-0.2, 0) is 5.92 Å². The normalized spacial score (nSPS) is 11.1. The predicted molar refractivity (Wildman–Crippen MR) is 67.7 cm³/mol. The van der Waals surface area contributed by atoms with Gasteiger partial charge in [0.2, 0.25) is 0 Å². The van der Waals surface area contributed by atoms with Crippen molar-refractivity contribution in [2.45, 2.75) is 5.92 Å². The number of halogens is 2. The van der Waals surface area contributed by atoms with E-state index in [4.69, 9.17) is 4.74 Å². The molecule has 2 aromatic rings. The molecule has 0 fully saturated rings. The number of rotatable bonds is 5. The summed E-state index contributed by atoms with van der Waals surface area (Å²) in [6, 6.07) is 13.6. The van der Waals surface area contributed by atoms with Gasteiger partial charge in [0, 0.05) is 11.1 Å². The molecule has 0 spiro atoms. The van der Waals surface area contributed by atoms with Crippen molar-refractivity contribution in [3.63, 3.8) is 0 Å². The number of carbonyl (C=O) groups excluding carboxylic acids is 1. The molecule has 0 aromatic heterocycles. The van der Waals surface area contributed by atoms with Crippen molar-refractivity contribution in [1.29, 1.82) is 0 Å². The van der Waals surface area contributed by atoms with Crippen LogP contribution in [0, 0.1) is 0 Å². The second-order valence-electron chi connectivity index (χ2n) is 4.05. The molecule has 0 heterocycles. The molecular formula is C15H12F2O2. The topological polar surface area (TPSA) is 26.3 Å². The van der Waals surface area contributed by atoms with Gasteiger partial charge in [0.15, 0.2) is 6.61 Å². The van der Waals surface area contributed by atoms with Crippen molar-refractivity contribution < 1.29 is 18.3 Å². The fraction of sp³-hybridized carbons (Fsp3) is 0.133. The fourth-order valence-electron chi connectivity index (χ4n) is 1.62. The largest absolute Gasteiger partial charge is 0.487 e. The van der Waals surface area contributed by atoms with E-state index in [0.717, 1.165) is 0 Å². The molecule has 0 N–H and O–H groups in total. The molecule has 0 aliphatic heterocycles. The van der Waals surface area contributed by atoms with E-state index in [2.05, 4.69) is 0 Å². The van der Waals surface area contributed by atoms with Crippen molar-refractivity contribution in [2.75, 3.05) is 6.61 Å². The smallest absolute Gasteiger partial charge is 0.306 e. The summed E-state index contributed by atoms with van der Waals surface area (Å²) in [5.41, 5.74) is 0.294. The first-order valence-electron chi connectivity index (χ1n) is 5.73. The van der Waals surface area contributed by atoms with Gasteiger partial charge in [-0.2, -0.15) is 8.78 Å². The van der Waals surface area contributed by atoms with E-state index < -0.39 is 12.5 Å². The van der Waals surface area contributed by atoms with Gasteiger partial charge in [-0.3, -0.25) is 4.79 Å². The van der Waals surface area contributed by atoms with E-state index in [1.807, 2.05) is 0 Å². The van der Waals surface area contributed by atoms with Gasteiger partial charge in [0.05, 0.1) is 0 Å². The van der Waals surface area contributed by atoms with Crippen molar-refractivity contribution >= 4 is 6.29 Å². The monoisotopic (exact) mass is 262 g/mol. The minimum absolute atomic E-state index is 0.0958. The number of hydrogen-bond acceptors (Lipinski definition) is 2. The number of benzene rings is 2. The van der Waals surface area contributed by atoms with Crippen molar-refractivity contribution in [3.8, 4) is 5.75 Å². The van der Waals surface area contributed by atoms with Gasteiger partial charge in [-0.25, -0.2) is 0 Å². The Labute approximate surface area is 109 Å². The Morgan fingerprint density at radius 3 is 2.47 bits per heavy atom. The molecule has 2 nitrogen and oxygen atoms in total. The van der Waals surface area contributed by atoms with Crippen LogP contribution < -0.4 is 4.74 Å². The highest BCUT2D eigenvalue weighted by Crippen LogP contribution is 2.28. The molecule has 0 bridgehead atoms. The Hall–Kier alpha value is -2.23. The summed E-state index contributed by atoms with van der Waals surface area (Å²) < 4.78 is 32.7. The number of aldehydes is 1. The Morgan fingerprint density at radius 2 is 1.79 bits per heavy atom. The average molecular weight is 262 g/mol. The Kier molecular flexibility index (Phi) is 3.90. The molecule has 19 heavy (non-hydrogen) atoms. The molecule has 0 saturated heterocycles. The summed E-state index contributed by atoms with van der Waals surface area (Å²) in [7, 11) is 0. The van der Waals surface area contributed by atoms with Crippen LogP contribution in [0.2, 0.25) is 0 Å². The maximum absolute atomic E-state index is 13.8. The number of alkyl halides is 2. The van der Waals surface area contributed by atoms with Gasteiger partial charge >= 0.3 is 5.92 Å². The predicted octanol–water partition coefficient (Wildman–Crippen LogP) is 3.67. The molecule has 98 valence electrons. The zero-order valence-electron chi connectivity index (χ0n) is 10.1. The minimum Gasteiger partial charge on any atom is -0.487 e. The van der Waals surface area contributed by atoms with Crippen LogP contribution >= 0.6 is 0 Å². The van der Waals surface area contributed by atoms with Gasteiger partial charge in [0.25, 0.3) is 0 Å². The Bertz CT molecular complexity index is 553. The standard InChI is InChI=1S/C15H12F2O2/c16-15(17,13-6-2-1-3-7-13)11-19-14-8-4-5-12(9-14)10-18/h1-10H,11H2. The fourth-order valence-corrected chi connectivity index (χ4v) is 1.62. The summed E-state index contributed by atoms with van der Waals surface area (Å²) in [6.07, 6.45) is 0.641. The van der Waals surface area contributed by atoms with E-state index in [1.165, 1.54) is 24.3 Å². The lowest BCUT2D eigenvalue weighted by molar-refractivity contribution is -0.0467. The first kappa shape index (κ1) is 13.2. The minimum atomic E-state index is -3.07. The van der Waals surface area contributed by atoms with Gasteiger partial charge in [-0.05, 0) is 12.1 Å². The number of hydrogen-bond donors (Lipinski definition) is 0. The van der Waals surface area contributed by atoms with Crippen LogP contribution in [0.5, 0.6) is 5.75 Å². The van der Waals surface area contributed by atoms with Crippen LogP contribution in [0.3, 0.4) is 0 Å². The Balaban J connectivity index is 2.07. The van der Waals surface area contributed by atoms with E-state index in [-0.39, 0.29) is 11.3 Å². The van der Waals surface area contributed by atoms with Crippen LogP contribution in [-0.4, -0.2) is 12.9 Å². The molecule has 0 atom stereocenters. The maximum atomic E-state index is 13.8. The summed E-state index contributed by atoms with van der Waals surface area (Å²) in [4.78, 5) is 10.6. The lowest BCUT2D eigenvalue weighted by Crippen LogP contribution is -2.23. The molecule has 0 saturated carbocycles. The molecule has 2 aromatic carbocycles. The molecule has 4 heteroatoms. The molecule has 2 rings (SSSR count). The van der Waals surface area contributed by atoms with Crippen LogP contribution in [0.25, 0.3) is 0 Å². The molecular weight excluding hydrogens is 250 g/mol. The lowest BCUT2D eigenvalue weighted by atomic mass is 10.1. The molecule has 0 aliphatic carbocycles. The van der Waals surface area contributed by atoms with E-state index in [9.17, 15) is 13.6 Å². The van der Waals surface area contributed by atoms with Gasteiger partial charge in [-0.15, -0.1) is 0 Å². The zero-order valence-corrected chi connectivity index (χ0v) is 10.1. The first-order valence-corrected chi connectivity index (χ1v) is 5.73. The average Bonchev–Trinajstić information content (AvgIpc) is 2.46. The highest BCUT2D eigenvalue weighted by Gasteiger charge is 2.32. The SMILES string of the molecule is O=Cc1cccc(OCC(F)(F)c2ccccc2)c1. The second-order valence-corrected chi connectivity index (χ2v) is 4.05. The summed E-state index contributed by atoms with van der Waals surface area (Å²) >= 11 is 0. The molecule has 0 amide bonds. The highest BCUT2D eigenvalue weighted by atomic mass is 19.3. The number of carbonyl (C=O) groups is 1. The van der Waals surface area contributed by atoms with Gasteiger partial charge in [-0.1, -0.05) is 42.5 Å². The van der Waals surface area contributed by atoms with Gasteiger partial charge < -0.3 is 4.74 Å². The number of ether oxygens (including phenoxy) is 1. The molecule has 0 radical (unpaired) electrons. The van der Waals surface area contributed by atoms with E-state index in [1.54, 1.807) is 30.3 Å². The van der Waals surface area contributed by atoms with E-state index >= 15 is 0 Å². The molecule has 0 unspecified atom stereocenters. The third kappa shape index (κ3) is 3.37. The second kappa shape index (κ2) is 5.61. The van der Waals surface area contributed by atoms with Crippen molar-refractivity contribution in [1.82, 2.24) is 0 Å². The first-order chi connectivity index (χ1) is 9.12. The third-order valence-corrected chi connectivity index (χ3v) is 2.61. The summed E-state index contributed by atoms with van der Waals surface area (Å²) in [5.74, 6) is -2.82.